The Labute approximate surface area is 113 Å². The van der Waals surface area contributed by atoms with Crippen LogP contribution in [0.25, 0.3) is 0 Å². The summed E-state index contributed by atoms with van der Waals surface area (Å²) in [5.74, 6) is -0.394. The van der Waals surface area contributed by atoms with Gasteiger partial charge in [-0.05, 0) is 24.3 Å². The van der Waals surface area contributed by atoms with E-state index in [1.54, 1.807) is 0 Å². The number of hydrogen-bond acceptors (Lipinski definition) is 4. The van der Waals surface area contributed by atoms with Gasteiger partial charge in [0.25, 0.3) is 0 Å². The van der Waals surface area contributed by atoms with Crippen molar-refractivity contribution in [3.8, 4) is 0 Å². The molecule has 1 aliphatic heterocycles. The van der Waals surface area contributed by atoms with Crippen molar-refractivity contribution in [2.45, 2.75) is 33.1 Å². The first kappa shape index (κ1) is 13.6. The largest absolute Gasteiger partial charge is 0.478 e. The minimum absolute atomic E-state index is 0.133. The van der Waals surface area contributed by atoms with Crippen LogP contribution in [0.1, 0.15) is 43.5 Å². The Morgan fingerprint density at radius 2 is 2.16 bits per heavy atom. The third kappa shape index (κ3) is 2.64. The molecule has 0 amide bonds. The second kappa shape index (κ2) is 5.07. The van der Waals surface area contributed by atoms with E-state index in [1.807, 2.05) is 0 Å². The summed E-state index contributed by atoms with van der Waals surface area (Å²) in [5.41, 5.74) is 6.72. The number of nitrogen functional groups attached to an aromatic ring is 1. The predicted octanol–water partition coefficient (Wildman–Crippen LogP) is 2.38. The number of aromatic nitrogens is 1. The molecule has 1 saturated heterocycles. The monoisotopic (exact) mass is 263 g/mol. The van der Waals surface area contributed by atoms with E-state index in [4.69, 9.17) is 10.8 Å². The normalized spacial score (nSPS) is 18.3. The molecule has 0 radical (unpaired) electrons. The van der Waals surface area contributed by atoms with Gasteiger partial charge in [-0.25, -0.2) is 9.78 Å². The molecule has 0 atom stereocenters. The molecule has 5 nitrogen and oxygen atoms in total. The van der Waals surface area contributed by atoms with Gasteiger partial charge >= 0.3 is 5.97 Å². The molecule has 2 heterocycles. The Morgan fingerprint density at radius 1 is 1.53 bits per heavy atom. The summed E-state index contributed by atoms with van der Waals surface area (Å²) in [6.07, 6.45) is 4.85. The fraction of sp³-hybridized carbons (Fsp3) is 0.571. The summed E-state index contributed by atoms with van der Waals surface area (Å²) in [5, 5.41) is 9.08. The number of pyridine rings is 1. The summed E-state index contributed by atoms with van der Waals surface area (Å²) in [6.45, 7) is 6.28. The van der Waals surface area contributed by atoms with Crippen molar-refractivity contribution >= 4 is 17.5 Å². The highest BCUT2D eigenvalue weighted by molar-refractivity contribution is 5.96. The number of anilines is 2. The maximum Gasteiger partial charge on any atom is 0.337 e. The number of carboxylic acids is 1. The number of rotatable bonds is 3. The molecule has 0 saturated carbocycles. The third-order valence-electron chi connectivity index (χ3n) is 4.32. The summed E-state index contributed by atoms with van der Waals surface area (Å²) in [4.78, 5) is 17.4. The van der Waals surface area contributed by atoms with Gasteiger partial charge in [0, 0.05) is 19.3 Å². The van der Waals surface area contributed by atoms with Crippen molar-refractivity contribution in [1.82, 2.24) is 4.98 Å². The van der Waals surface area contributed by atoms with Crippen LogP contribution < -0.4 is 10.6 Å². The first-order valence-electron chi connectivity index (χ1n) is 6.69. The molecule has 1 aliphatic rings. The smallest absolute Gasteiger partial charge is 0.337 e. The van der Waals surface area contributed by atoms with E-state index < -0.39 is 5.97 Å². The zero-order valence-corrected chi connectivity index (χ0v) is 11.5. The van der Waals surface area contributed by atoms with E-state index in [9.17, 15) is 4.79 Å². The lowest BCUT2D eigenvalue weighted by atomic mass is 9.78. The van der Waals surface area contributed by atoms with Crippen molar-refractivity contribution in [2.24, 2.45) is 5.41 Å². The second-order valence-corrected chi connectivity index (χ2v) is 5.55. The zero-order valence-electron chi connectivity index (χ0n) is 11.5. The van der Waals surface area contributed by atoms with Gasteiger partial charge in [0.1, 0.15) is 0 Å². The summed E-state index contributed by atoms with van der Waals surface area (Å²) in [7, 11) is 0. The van der Waals surface area contributed by atoms with Gasteiger partial charge in [0.05, 0.1) is 11.3 Å². The molecule has 5 heteroatoms. The van der Waals surface area contributed by atoms with Crippen LogP contribution in [-0.4, -0.2) is 29.1 Å². The average Bonchev–Trinajstić information content (AvgIpc) is 2.40. The molecule has 1 aromatic heterocycles. The van der Waals surface area contributed by atoms with Crippen molar-refractivity contribution in [3.05, 3.63) is 17.8 Å². The first-order valence-corrected chi connectivity index (χ1v) is 6.69. The zero-order chi connectivity index (χ0) is 14.0. The van der Waals surface area contributed by atoms with Crippen LogP contribution in [0.3, 0.4) is 0 Å². The van der Waals surface area contributed by atoms with Gasteiger partial charge in [-0.3, -0.25) is 0 Å². The Balaban J connectivity index is 2.21. The van der Waals surface area contributed by atoms with Crippen LogP contribution in [0.4, 0.5) is 11.5 Å². The summed E-state index contributed by atoms with van der Waals surface area (Å²) >= 11 is 0. The van der Waals surface area contributed by atoms with Gasteiger partial charge in [-0.2, -0.15) is 0 Å². The van der Waals surface area contributed by atoms with Crippen LogP contribution >= 0.6 is 0 Å². The Hall–Kier alpha value is -1.78. The molecule has 0 bridgehead atoms. The Kier molecular flexibility index (Phi) is 3.64. The van der Waals surface area contributed by atoms with E-state index in [2.05, 4.69) is 23.7 Å². The number of hydrogen-bond donors (Lipinski definition) is 2. The van der Waals surface area contributed by atoms with Gasteiger partial charge in [-0.1, -0.05) is 20.3 Å². The summed E-state index contributed by atoms with van der Waals surface area (Å²) < 4.78 is 0. The van der Waals surface area contributed by atoms with Crippen LogP contribution in [0.5, 0.6) is 0 Å². The quantitative estimate of drug-likeness (QED) is 0.875. The fourth-order valence-corrected chi connectivity index (χ4v) is 2.51. The van der Waals surface area contributed by atoms with Crippen LogP contribution in [0.2, 0.25) is 0 Å². The van der Waals surface area contributed by atoms with Crippen LogP contribution in [0.15, 0.2) is 12.3 Å². The van der Waals surface area contributed by atoms with Crippen molar-refractivity contribution < 1.29 is 9.90 Å². The maximum atomic E-state index is 11.1. The molecule has 1 aromatic rings. The highest BCUT2D eigenvalue weighted by Gasteiger charge is 2.30. The van der Waals surface area contributed by atoms with Crippen LogP contribution in [-0.2, 0) is 0 Å². The maximum absolute atomic E-state index is 11.1. The fourth-order valence-electron chi connectivity index (χ4n) is 2.51. The van der Waals surface area contributed by atoms with E-state index in [1.165, 1.54) is 18.7 Å². The van der Waals surface area contributed by atoms with Gasteiger partial charge in [0.2, 0.25) is 0 Å². The van der Waals surface area contributed by atoms with E-state index in [0.717, 1.165) is 25.9 Å². The molecule has 3 N–H and O–H groups in total. The molecule has 1 fully saturated rings. The molecule has 0 spiro atoms. The third-order valence-corrected chi connectivity index (χ3v) is 4.32. The molecule has 0 aliphatic carbocycles. The lowest BCUT2D eigenvalue weighted by Gasteiger charge is -2.39. The minimum atomic E-state index is -1.00. The summed E-state index contributed by atoms with van der Waals surface area (Å²) in [6, 6.07) is 1.45. The van der Waals surface area contributed by atoms with E-state index >= 15 is 0 Å². The second-order valence-electron chi connectivity index (χ2n) is 5.55. The predicted molar refractivity (Wildman–Crippen MR) is 75.5 cm³/mol. The molecular formula is C14H21N3O2. The number of aromatic carboxylic acids is 1. The number of carbonyl (C=O) groups is 1. The molecule has 0 aromatic carbocycles. The van der Waals surface area contributed by atoms with Gasteiger partial charge in [-0.15, -0.1) is 0 Å². The SMILES string of the molecule is CCC1(C)CCN(c2nccc(C(=O)O)c2N)CC1. The number of nitrogens with zero attached hydrogens (tertiary/aromatic N) is 2. The van der Waals surface area contributed by atoms with Gasteiger partial charge in [0.15, 0.2) is 5.82 Å². The first-order chi connectivity index (χ1) is 8.97. The molecule has 19 heavy (non-hydrogen) atoms. The highest BCUT2D eigenvalue weighted by Crippen LogP contribution is 2.36. The van der Waals surface area contributed by atoms with Crippen molar-refractivity contribution in [2.75, 3.05) is 23.7 Å². The van der Waals surface area contributed by atoms with Crippen molar-refractivity contribution in [3.63, 3.8) is 0 Å². The molecule has 2 rings (SSSR count). The van der Waals surface area contributed by atoms with Gasteiger partial charge < -0.3 is 15.7 Å². The average molecular weight is 263 g/mol. The number of carboxylic acid groups (broad SMARTS) is 1. The Morgan fingerprint density at radius 3 is 2.68 bits per heavy atom. The number of nitrogens with two attached hydrogens (primary N) is 1. The lowest BCUT2D eigenvalue weighted by molar-refractivity contribution is 0.0698. The van der Waals surface area contributed by atoms with E-state index in [0.29, 0.717) is 11.2 Å². The minimum Gasteiger partial charge on any atom is -0.478 e. The molecule has 104 valence electrons. The van der Waals surface area contributed by atoms with Crippen molar-refractivity contribution in [1.29, 1.82) is 0 Å². The molecular weight excluding hydrogens is 242 g/mol. The van der Waals surface area contributed by atoms with Crippen LogP contribution in [0, 0.1) is 5.41 Å². The Bertz CT molecular complexity index is 480. The standard InChI is InChI=1S/C14H21N3O2/c1-3-14(2)5-8-17(9-6-14)12-11(15)10(13(18)19)4-7-16-12/h4,7H,3,5-6,8-9,15H2,1-2H3,(H,18,19). The topological polar surface area (TPSA) is 79.5 Å². The molecule has 0 unspecified atom stereocenters. The number of piperidine rings is 1. The lowest BCUT2D eigenvalue weighted by Crippen LogP contribution is -2.39. The van der Waals surface area contributed by atoms with E-state index in [-0.39, 0.29) is 11.3 Å². The highest BCUT2D eigenvalue weighted by atomic mass is 16.4.